The highest BCUT2D eigenvalue weighted by atomic mass is 32.2. The van der Waals surface area contributed by atoms with Gasteiger partial charge in [0.15, 0.2) is 0 Å². The quantitative estimate of drug-likeness (QED) is 0.679. The number of carbonyl (C=O) groups is 1. The summed E-state index contributed by atoms with van der Waals surface area (Å²) < 4.78 is 0. The molecule has 1 N–H and O–H groups in total. The first-order valence-corrected chi connectivity index (χ1v) is 9.24. The van der Waals surface area contributed by atoms with Crippen molar-refractivity contribution < 1.29 is 4.79 Å². The standard InChI is InChI=1S/C15H19N3OS2/c1-2-7-16-12(19)8-20-14-13-10-5-3-4-6-11(10)21-15(13)18-9-17-14/h9H,2-8H2,1H3,(H,16,19). The number of nitrogens with zero attached hydrogens (tertiary/aromatic N) is 2. The summed E-state index contributed by atoms with van der Waals surface area (Å²) in [6.45, 7) is 2.80. The van der Waals surface area contributed by atoms with Gasteiger partial charge >= 0.3 is 0 Å². The lowest BCUT2D eigenvalue weighted by atomic mass is 9.97. The summed E-state index contributed by atoms with van der Waals surface area (Å²) in [6.07, 6.45) is 7.39. The van der Waals surface area contributed by atoms with Gasteiger partial charge in [-0.15, -0.1) is 11.3 Å². The molecule has 0 atom stereocenters. The van der Waals surface area contributed by atoms with Gasteiger partial charge in [-0.1, -0.05) is 18.7 Å². The molecular weight excluding hydrogens is 302 g/mol. The van der Waals surface area contributed by atoms with Gasteiger partial charge in [0.2, 0.25) is 5.91 Å². The largest absolute Gasteiger partial charge is 0.355 e. The molecule has 2 aromatic rings. The first-order chi connectivity index (χ1) is 10.3. The van der Waals surface area contributed by atoms with E-state index in [2.05, 4.69) is 22.2 Å². The molecule has 0 radical (unpaired) electrons. The maximum absolute atomic E-state index is 11.8. The van der Waals surface area contributed by atoms with Crippen molar-refractivity contribution in [1.29, 1.82) is 0 Å². The van der Waals surface area contributed by atoms with Crippen molar-refractivity contribution in [3.63, 3.8) is 0 Å². The van der Waals surface area contributed by atoms with E-state index in [-0.39, 0.29) is 5.91 Å². The fourth-order valence-corrected chi connectivity index (χ4v) is 4.77. The second-order valence-corrected chi connectivity index (χ2v) is 7.26. The maximum Gasteiger partial charge on any atom is 0.230 e. The third-order valence-electron chi connectivity index (χ3n) is 3.63. The lowest BCUT2D eigenvalue weighted by Gasteiger charge is -2.11. The van der Waals surface area contributed by atoms with Gasteiger partial charge in [0.1, 0.15) is 16.2 Å². The van der Waals surface area contributed by atoms with Gasteiger partial charge in [-0.2, -0.15) is 0 Å². The second kappa shape index (κ2) is 6.75. The van der Waals surface area contributed by atoms with Crippen LogP contribution in [0.15, 0.2) is 11.4 Å². The topological polar surface area (TPSA) is 54.9 Å². The van der Waals surface area contributed by atoms with Gasteiger partial charge in [-0.25, -0.2) is 9.97 Å². The van der Waals surface area contributed by atoms with Crippen molar-refractivity contribution in [2.45, 2.75) is 44.1 Å². The Balaban J connectivity index is 1.82. The maximum atomic E-state index is 11.8. The molecule has 0 unspecified atom stereocenters. The summed E-state index contributed by atoms with van der Waals surface area (Å²) in [7, 11) is 0. The molecule has 1 aliphatic rings. The predicted molar refractivity (Wildman–Crippen MR) is 88.1 cm³/mol. The van der Waals surface area contributed by atoms with E-state index < -0.39 is 0 Å². The number of aryl methyl sites for hydroxylation is 2. The molecular formula is C15H19N3OS2. The van der Waals surface area contributed by atoms with Crippen LogP contribution in [0.4, 0.5) is 0 Å². The fourth-order valence-electron chi connectivity index (χ4n) is 2.62. The molecule has 112 valence electrons. The third-order valence-corrected chi connectivity index (χ3v) is 5.82. The Morgan fingerprint density at radius 3 is 3.10 bits per heavy atom. The van der Waals surface area contributed by atoms with Gasteiger partial charge in [-0.3, -0.25) is 4.79 Å². The lowest BCUT2D eigenvalue weighted by molar-refractivity contribution is -0.118. The van der Waals surface area contributed by atoms with Crippen LogP contribution in [-0.2, 0) is 17.6 Å². The molecule has 0 saturated heterocycles. The summed E-state index contributed by atoms with van der Waals surface area (Å²) in [5, 5.41) is 5.07. The van der Waals surface area contributed by atoms with E-state index in [0.717, 1.165) is 35.7 Å². The average Bonchev–Trinajstić information content (AvgIpc) is 2.90. The van der Waals surface area contributed by atoms with Crippen LogP contribution >= 0.6 is 23.1 Å². The summed E-state index contributed by atoms with van der Waals surface area (Å²) in [5.41, 5.74) is 1.43. The van der Waals surface area contributed by atoms with Crippen molar-refractivity contribution in [1.82, 2.24) is 15.3 Å². The number of thiophene rings is 1. The molecule has 4 nitrogen and oxygen atoms in total. The number of hydrogen-bond donors (Lipinski definition) is 1. The van der Waals surface area contributed by atoms with Crippen LogP contribution in [0, 0.1) is 0 Å². The van der Waals surface area contributed by atoms with Crippen molar-refractivity contribution in [2.75, 3.05) is 12.3 Å². The van der Waals surface area contributed by atoms with E-state index in [4.69, 9.17) is 0 Å². The van der Waals surface area contributed by atoms with Crippen LogP contribution in [0.25, 0.3) is 10.2 Å². The van der Waals surface area contributed by atoms with Gasteiger partial charge in [0, 0.05) is 16.8 Å². The smallest absolute Gasteiger partial charge is 0.230 e. The molecule has 0 saturated carbocycles. The summed E-state index contributed by atoms with van der Waals surface area (Å²) in [5.74, 6) is 0.509. The number of hydrogen-bond acceptors (Lipinski definition) is 5. The molecule has 3 rings (SSSR count). The number of thioether (sulfide) groups is 1. The zero-order valence-corrected chi connectivity index (χ0v) is 13.8. The Labute approximate surface area is 132 Å². The van der Waals surface area contributed by atoms with Crippen molar-refractivity contribution >= 4 is 39.2 Å². The molecule has 1 aliphatic carbocycles. The number of fused-ring (bicyclic) bond motifs is 3. The minimum atomic E-state index is 0.0812. The normalized spacial score (nSPS) is 14.1. The van der Waals surface area contributed by atoms with Crippen LogP contribution in [0.1, 0.15) is 36.6 Å². The number of carbonyl (C=O) groups excluding carboxylic acids is 1. The van der Waals surface area contributed by atoms with Crippen LogP contribution in [0.3, 0.4) is 0 Å². The average molecular weight is 321 g/mol. The van der Waals surface area contributed by atoms with Gasteiger partial charge in [0.05, 0.1) is 5.75 Å². The van der Waals surface area contributed by atoms with Crippen LogP contribution in [0.5, 0.6) is 0 Å². The van der Waals surface area contributed by atoms with Crippen LogP contribution in [-0.4, -0.2) is 28.2 Å². The number of amides is 1. The molecule has 2 heterocycles. The summed E-state index contributed by atoms with van der Waals surface area (Å²) >= 11 is 3.33. The number of rotatable bonds is 5. The first-order valence-electron chi connectivity index (χ1n) is 7.44. The minimum Gasteiger partial charge on any atom is -0.355 e. The van der Waals surface area contributed by atoms with E-state index in [9.17, 15) is 4.79 Å². The Hall–Kier alpha value is -1.14. The first kappa shape index (κ1) is 14.8. The summed E-state index contributed by atoms with van der Waals surface area (Å²) in [6, 6.07) is 0. The van der Waals surface area contributed by atoms with Crippen molar-refractivity contribution in [3.8, 4) is 0 Å². The van der Waals surface area contributed by atoms with E-state index in [0.29, 0.717) is 5.75 Å². The SMILES string of the molecule is CCCNC(=O)CSc1ncnc2sc3c(c12)CCCC3. The highest BCUT2D eigenvalue weighted by molar-refractivity contribution is 8.00. The molecule has 21 heavy (non-hydrogen) atoms. The molecule has 0 fully saturated rings. The van der Waals surface area contributed by atoms with E-state index in [1.165, 1.54) is 40.4 Å². The highest BCUT2D eigenvalue weighted by Crippen LogP contribution is 2.39. The molecule has 1 amide bonds. The molecule has 0 aromatic carbocycles. The minimum absolute atomic E-state index is 0.0812. The lowest BCUT2D eigenvalue weighted by Crippen LogP contribution is -2.25. The summed E-state index contributed by atoms with van der Waals surface area (Å²) in [4.78, 5) is 23.1. The van der Waals surface area contributed by atoms with Crippen molar-refractivity contribution in [3.05, 3.63) is 16.8 Å². The van der Waals surface area contributed by atoms with E-state index in [1.807, 2.05) is 0 Å². The Kier molecular flexibility index (Phi) is 4.75. The van der Waals surface area contributed by atoms with Crippen LogP contribution in [0.2, 0.25) is 0 Å². The second-order valence-electron chi connectivity index (χ2n) is 5.21. The monoisotopic (exact) mass is 321 g/mol. The zero-order valence-electron chi connectivity index (χ0n) is 12.1. The van der Waals surface area contributed by atoms with E-state index >= 15 is 0 Å². The Bertz CT molecular complexity index is 654. The molecule has 0 aliphatic heterocycles. The van der Waals surface area contributed by atoms with E-state index in [1.54, 1.807) is 17.7 Å². The third kappa shape index (κ3) is 3.21. The molecule has 6 heteroatoms. The van der Waals surface area contributed by atoms with Gasteiger partial charge in [0.25, 0.3) is 0 Å². The zero-order chi connectivity index (χ0) is 14.7. The molecule has 0 bridgehead atoms. The number of nitrogens with one attached hydrogen (secondary N) is 1. The Morgan fingerprint density at radius 2 is 2.24 bits per heavy atom. The van der Waals surface area contributed by atoms with Gasteiger partial charge < -0.3 is 5.32 Å². The van der Waals surface area contributed by atoms with Gasteiger partial charge in [-0.05, 0) is 37.7 Å². The van der Waals surface area contributed by atoms with Crippen LogP contribution < -0.4 is 5.32 Å². The highest BCUT2D eigenvalue weighted by Gasteiger charge is 2.20. The van der Waals surface area contributed by atoms with Crippen molar-refractivity contribution in [2.24, 2.45) is 0 Å². The number of aromatic nitrogens is 2. The molecule has 2 aromatic heterocycles. The fraction of sp³-hybridized carbons (Fsp3) is 0.533. The Morgan fingerprint density at radius 1 is 1.38 bits per heavy atom. The predicted octanol–water partition coefficient (Wildman–Crippen LogP) is 3.19. The molecule has 0 spiro atoms.